The second-order valence-electron chi connectivity index (χ2n) is 4.88. The Morgan fingerprint density at radius 1 is 0.957 bits per heavy atom. The fourth-order valence-electron chi connectivity index (χ4n) is 1.61. The fourth-order valence-corrected chi connectivity index (χ4v) is 1.61. The summed E-state index contributed by atoms with van der Waals surface area (Å²) < 4.78 is 15.2. The quantitative estimate of drug-likeness (QED) is 0.253. The Morgan fingerprint density at radius 2 is 1.48 bits per heavy atom. The van der Waals surface area contributed by atoms with Gasteiger partial charge in [-0.1, -0.05) is 12.1 Å². The Kier molecular flexibility index (Phi) is 7.60. The summed E-state index contributed by atoms with van der Waals surface area (Å²) in [5.74, 6) is -0.733. The molecule has 5 heteroatoms. The lowest BCUT2D eigenvalue weighted by Gasteiger charge is -2.07. The summed E-state index contributed by atoms with van der Waals surface area (Å²) in [6.45, 7) is 7.59. The highest BCUT2D eigenvalue weighted by Crippen LogP contribution is 2.16. The third kappa shape index (κ3) is 6.38. The number of ether oxygens (including phenoxy) is 3. The molecule has 0 fully saturated rings. The van der Waals surface area contributed by atoms with Crippen molar-refractivity contribution in [3.8, 4) is 5.75 Å². The minimum absolute atomic E-state index is 0.133. The van der Waals surface area contributed by atoms with Crippen molar-refractivity contribution in [3.63, 3.8) is 0 Å². The maximum Gasteiger partial charge on any atom is 0.345 e. The van der Waals surface area contributed by atoms with E-state index in [1.165, 1.54) is 6.08 Å². The summed E-state index contributed by atoms with van der Waals surface area (Å²) in [4.78, 5) is 23.8. The molecule has 0 saturated heterocycles. The van der Waals surface area contributed by atoms with Crippen LogP contribution < -0.4 is 4.74 Å². The van der Waals surface area contributed by atoms with Gasteiger partial charge in [0.1, 0.15) is 11.3 Å². The van der Waals surface area contributed by atoms with Gasteiger partial charge in [-0.05, 0) is 57.0 Å². The molecule has 124 valence electrons. The molecule has 0 amide bonds. The molecule has 0 unspecified atom stereocenters. The topological polar surface area (TPSA) is 61.8 Å². The SMILES string of the molecule is CCOC(=O)C(=Cc1ccc(OC=C(C)C)cc1)C(=O)OCC. The summed E-state index contributed by atoms with van der Waals surface area (Å²) in [6, 6.07) is 6.98. The predicted octanol–water partition coefficient (Wildman–Crippen LogP) is 3.50. The highest BCUT2D eigenvalue weighted by atomic mass is 16.6. The van der Waals surface area contributed by atoms with E-state index in [0.29, 0.717) is 11.3 Å². The lowest BCUT2D eigenvalue weighted by atomic mass is 10.1. The molecule has 1 aromatic carbocycles. The average molecular weight is 318 g/mol. The van der Waals surface area contributed by atoms with E-state index < -0.39 is 11.9 Å². The summed E-state index contributed by atoms with van der Waals surface area (Å²) >= 11 is 0. The van der Waals surface area contributed by atoms with E-state index in [4.69, 9.17) is 14.2 Å². The number of esters is 2. The van der Waals surface area contributed by atoms with Gasteiger partial charge in [-0.15, -0.1) is 0 Å². The first-order valence-electron chi connectivity index (χ1n) is 7.44. The van der Waals surface area contributed by atoms with Crippen LogP contribution in [0.4, 0.5) is 0 Å². The molecule has 0 heterocycles. The summed E-state index contributed by atoms with van der Waals surface area (Å²) in [7, 11) is 0. The molecule has 5 nitrogen and oxygen atoms in total. The molecule has 0 aliphatic heterocycles. The highest BCUT2D eigenvalue weighted by Gasteiger charge is 2.20. The zero-order chi connectivity index (χ0) is 17.2. The Morgan fingerprint density at radius 3 is 1.91 bits per heavy atom. The number of rotatable bonds is 7. The van der Waals surface area contributed by atoms with Crippen molar-refractivity contribution in [2.75, 3.05) is 13.2 Å². The molecular formula is C18H22O5. The summed E-state index contributed by atoms with van der Waals surface area (Å²) in [5, 5.41) is 0. The molecule has 0 atom stereocenters. The molecule has 1 rings (SSSR count). The van der Waals surface area contributed by atoms with Gasteiger partial charge in [0, 0.05) is 0 Å². The van der Waals surface area contributed by atoms with Crippen LogP contribution in [0.5, 0.6) is 5.75 Å². The number of hydrogen-bond acceptors (Lipinski definition) is 5. The van der Waals surface area contributed by atoms with E-state index in [1.54, 1.807) is 44.4 Å². The summed E-state index contributed by atoms with van der Waals surface area (Å²) in [5.41, 5.74) is 1.58. The van der Waals surface area contributed by atoms with Gasteiger partial charge in [0.25, 0.3) is 0 Å². The Balaban J connectivity index is 2.99. The van der Waals surface area contributed by atoms with Crippen molar-refractivity contribution in [1.82, 2.24) is 0 Å². The second kappa shape index (κ2) is 9.46. The third-order valence-electron chi connectivity index (χ3n) is 2.61. The van der Waals surface area contributed by atoms with Gasteiger partial charge in [-0.2, -0.15) is 0 Å². The molecule has 0 aliphatic carbocycles. The van der Waals surface area contributed by atoms with Gasteiger partial charge in [0.05, 0.1) is 19.5 Å². The molecule has 0 N–H and O–H groups in total. The average Bonchev–Trinajstić information content (AvgIpc) is 2.52. The van der Waals surface area contributed by atoms with E-state index in [0.717, 1.165) is 5.57 Å². The Hall–Kier alpha value is -2.56. The normalized spacial score (nSPS) is 9.57. The van der Waals surface area contributed by atoms with Crippen molar-refractivity contribution < 1.29 is 23.8 Å². The van der Waals surface area contributed by atoms with E-state index >= 15 is 0 Å². The van der Waals surface area contributed by atoms with Crippen LogP contribution in [-0.2, 0) is 19.1 Å². The Bertz CT molecular complexity index is 572. The molecule has 23 heavy (non-hydrogen) atoms. The van der Waals surface area contributed by atoms with Crippen molar-refractivity contribution >= 4 is 18.0 Å². The second-order valence-corrected chi connectivity index (χ2v) is 4.88. The number of hydrogen-bond donors (Lipinski definition) is 0. The van der Waals surface area contributed by atoms with Crippen LogP contribution >= 0.6 is 0 Å². The first-order valence-corrected chi connectivity index (χ1v) is 7.44. The maximum atomic E-state index is 11.9. The van der Waals surface area contributed by atoms with Crippen molar-refractivity contribution in [3.05, 3.63) is 47.2 Å². The van der Waals surface area contributed by atoms with Gasteiger partial charge in [-0.25, -0.2) is 9.59 Å². The lowest BCUT2D eigenvalue weighted by molar-refractivity contribution is -0.146. The first kappa shape index (κ1) is 18.5. The first-order chi connectivity index (χ1) is 11.0. The van der Waals surface area contributed by atoms with Gasteiger partial charge in [-0.3, -0.25) is 0 Å². The van der Waals surface area contributed by atoms with Crippen molar-refractivity contribution in [2.24, 2.45) is 0 Å². The van der Waals surface area contributed by atoms with Crippen LogP contribution in [0.15, 0.2) is 41.7 Å². The Labute approximate surface area is 136 Å². The van der Waals surface area contributed by atoms with Crippen LogP contribution in [0.2, 0.25) is 0 Å². The van der Waals surface area contributed by atoms with E-state index in [2.05, 4.69) is 0 Å². The van der Waals surface area contributed by atoms with Crippen LogP contribution in [0.25, 0.3) is 6.08 Å². The van der Waals surface area contributed by atoms with Gasteiger partial charge < -0.3 is 14.2 Å². The standard InChI is InChI=1S/C18H22O5/c1-5-21-17(19)16(18(20)22-6-2)11-14-7-9-15(10-8-14)23-12-13(3)4/h7-12H,5-6H2,1-4H3. The van der Waals surface area contributed by atoms with E-state index in [9.17, 15) is 9.59 Å². The molecule has 0 bridgehead atoms. The number of allylic oxidation sites excluding steroid dienone is 1. The molecule has 0 aliphatic rings. The minimum atomic E-state index is -0.698. The van der Waals surface area contributed by atoms with Crippen LogP contribution in [0, 0.1) is 0 Å². The number of carbonyl (C=O) groups is 2. The third-order valence-corrected chi connectivity index (χ3v) is 2.61. The van der Waals surface area contributed by atoms with Crippen molar-refractivity contribution in [1.29, 1.82) is 0 Å². The lowest BCUT2D eigenvalue weighted by Crippen LogP contribution is -2.18. The van der Waals surface area contributed by atoms with Gasteiger partial charge >= 0.3 is 11.9 Å². The minimum Gasteiger partial charge on any atom is -0.465 e. The zero-order valence-corrected chi connectivity index (χ0v) is 13.9. The van der Waals surface area contributed by atoms with Crippen LogP contribution in [-0.4, -0.2) is 25.2 Å². The molecule has 0 radical (unpaired) electrons. The summed E-state index contributed by atoms with van der Waals surface area (Å²) in [6.07, 6.45) is 3.09. The smallest absolute Gasteiger partial charge is 0.345 e. The molecule has 0 saturated carbocycles. The monoisotopic (exact) mass is 318 g/mol. The van der Waals surface area contributed by atoms with Gasteiger partial charge in [0.15, 0.2) is 0 Å². The number of benzene rings is 1. The maximum absolute atomic E-state index is 11.9. The molecule has 0 aromatic heterocycles. The van der Waals surface area contributed by atoms with E-state index in [1.807, 2.05) is 13.8 Å². The predicted molar refractivity (Wildman–Crippen MR) is 87.7 cm³/mol. The largest absolute Gasteiger partial charge is 0.465 e. The zero-order valence-electron chi connectivity index (χ0n) is 13.9. The fraction of sp³-hybridized carbons (Fsp3) is 0.333. The van der Waals surface area contributed by atoms with Crippen molar-refractivity contribution in [2.45, 2.75) is 27.7 Å². The van der Waals surface area contributed by atoms with Crippen LogP contribution in [0.1, 0.15) is 33.3 Å². The highest BCUT2D eigenvalue weighted by molar-refractivity contribution is 6.17. The molecule has 1 aromatic rings. The molecular weight excluding hydrogens is 296 g/mol. The van der Waals surface area contributed by atoms with Crippen LogP contribution in [0.3, 0.4) is 0 Å². The van der Waals surface area contributed by atoms with E-state index in [-0.39, 0.29) is 18.8 Å². The van der Waals surface area contributed by atoms with Gasteiger partial charge in [0.2, 0.25) is 0 Å². The number of carbonyl (C=O) groups excluding carboxylic acids is 2. The molecule has 0 spiro atoms.